The number of para-hydroxylation sites is 1. The van der Waals surface area contributed by atoms with Crippen LogP contribution in [0.5, 0.6) is 0 Å². The second kappa shape index (κ2) is 4.55. The summed E-state index contributed by atoms with van der Waals surface area (Å²) >= 11 is 1.55. The number of rotatable bonds is 2. The molecule has 1 fully saturated rings. The molecule has 0 saturated carbocycles. The van der Waals surface area contributed by atoms with E-state index in [2.05, 4.69) is 10.3 Å². The van der Waals surface area contributed by atoms with Gasteiger partial charge in [0.1, 0.15) is 6.04 Å². The zero-order valence-electron chi connectivity index (χ0n) is 9.67. The zero-order valence-corrected chi connectivity index (χ0v) is 10.5. The number of nitrogens with zero attached hydrogens (tertiary/aromatic N) is 2. The Bertz CT molecular complexity index is 550. The van der Waals surface area contributed by atoms with Crippen molar-refractivity contribution in [2.45, 2.75) is 6.04 Å². The molecule has 94 valence electrons. The summed E-state index contributed by atoms with van der Waals surface area (Å²) < 4.78 is 1.09. The first-order valence-corrected chi connectivity index (χ1v) is 6.63. The van der Waals surface area contributed by atoms with Gasteiger partial charge in [-0.05, 0) is 12.1 Å². The summed E-state index contributed by atoms with van der Waals surface area (Å²) in [6.07, 6.45) is 0. The van der Waals surface area contributed by atoms with Crippen molar-refractivity contribution < 1.29 is 9.90 Å². The first-order valence-electron chi connectivity index (χ1n) is 5.81. The van der Waals surface area contributed by atoms with Gasteiger partial charge in [0.2, 0.25) is 0 Å². The highest BCUT2D eigenvalue weighted by Gasteiger charge is 2.30. The maximum atomic E-state index is 11.2. The van der Waals surface area contributed by atoms with Crippen LogP contribution in [0.1, 0.15) is 0 Å². The predicted molar refractivity (Wildman–Crippen MR) is 71.3 cm³/mol. The number of thiazole rings is 1. The summed E-state index contributed by atoms with van der Waals surface area (Å²) in [4.78, 5) is 17.6. The number of aliphatic carboxylic acids is 1. The number of carbonyl (C=O) groups is 1. The van der Waals surface area contributed by atoms with Gasteiger partial charge in [0, 0.05) is 19.6 Å². The summed E-state index contributed by atoms with van der Waals surface area (Å²) in [5.74, 6) is -0.804. The molecule has 2 heterocycles. The van der Waals surface area contributed by atoms with E-state index in [1.807, 2.05) is 29.2 Å². The van der Waals surface area contributed by atoms with Crippen molar-refractivity contribution in [2.24, 2.45) is 0 Å². The third kappa shape index (κ3) is 1.93. The van der Waals surface area contributed by atoms with Crippen molar-refractivity contribution in [1.29, 1.82) is 0 Å². The van der Waals surface area contributed by atoms with Crippen LogP contribution in [-0.4, -0.2) is 41.7 Å². The number of nitrogens with one attached hydrogen (secondary N) is 1. The summed E-state index contributed by atoms with van der Waals surface area (Å²) in [6, 6.07) is 7.34. The van der Waals surface area contributed by atoms with E-state index in [0.717, 1.165) is 21.9 Å². The summed E-state index contributed by atoms with van der Waals surface area (Å²) in [5.41, 5.74) is 0.931. The summed E-state index contributed by atoms with van der Waals surface area (Å²) in [7, 11) is 0. The standard InChI is InChI=1S/C12H13N3O2S/c16-11(17)9-7-13-5-6-15(9)12-14-8-3-1-2-4-10(8)18-12/h1-4,9,13H,5-7H2,(H,16,17)/t9-/m1/s1. The van der Waals surface area contributed by atoms with E-state index in [9.17, 15) is 9.90 Å². The van der Waals surface area contributed by atoms with Crippen LogP contribution in [0, 0.1) is 0 Å². The molecule has 1 atom stereocenters. The molecule has 1 aromatic carbocycles. The molecule has 1 aliphatic heterocycles. The highest BCUT2D eigenvalue weighted by molar-refractivity contribution is 7.22. The van der Waals surface area contributed by atoms with Crippen LogP contribution in [0.3, 0.4) is 0 Å². The van der Waals surface area contributed by atoms with Crippen molar-refractivity contribution in [3.63, 3.8) is 0 Å². The van der Waals surface area contributed by atoms with Gasteiger partial charge in [-0.3, -0.25) is 0 Å². The van der Waals surface area contributed by atoms with Gasteiger partial charge in [0.25, 0.3) is 0 Å². The SMILES string of the molecule is O=C(O)[C@H]1CNCCN1c1nc2ccccc2s1. The lowest BCUT2D eigenvalue weighted by Crippen LogP contribution is -2.55. The first-order chi connectivity index (χ1) is 8.75. The van der Waals surface area contributed by atoms with Crippen molar-refractivity contribution in [3.05, 3.63) is 24.3 Å². The Kier molecular flexibility index (Phi) is 2.89. The normalized spacial score (nSPS) is 20.2. The van der Waals surface area contributed by atoms with Crippen molar-refractivity contribution in [3.8, 4) is 0 Å². The minimum atomic E-state index is -0.804. The number of hydrogen-bond donors (Lipinski definition) is 2. The predicted octanol–water partition coefficient (Wildman–Crippen LogP) is 1.16. The second-order valence-corrected chi connectivity index (χ2v) is 5.22. The Hall–Kier alpha value is -1.66. The van der Waals surface area contributed by atoms with E-state index in [0.29, 0.717) is 13.1 Å². The van der Waals surface area contributed by atoms with Gasteiger partial charge < -0.3 is 15.3 Å². The monoisotopic (exact) mass is 263 g/mol. The Labute approximate surface area is 108 Å². The van der Waals surface area contributed by atoms with Gasteiger partial charge in [-0.25, -0.2) is 9.78 Å². The van der Waals surface area contributed by atoms with Crippen LogP contribution in [0.15, 0.2) is 24.3 Å². The minimum absolute atomic E-state index is 0.464. The van der Waals surface area contributed by atoms with Crippen LogP contribution in [0.4, 0.5) is 5.13 Å². The fourth-order valence-corrected chi connectivity index (χ4v) is 3.18. The number of carboxylic acid groups (broad SMARTS) is 1. The molecule has 0 radical (unpaired) electrons. The summed E-state index contributed by atoms with van der Waals surface area (Å²) in [6.45, 7) is 1.93. The fourth-order valence-electron chi connectivity index (χ4n) is 2.14. The van der Waals surface area contributed by atoms with E-state index in [4.69, 9.17) is 0 Å². The molecular formula is C12H13N3O2S. The highest BCUT2D eigenvalue weighted by atomic mass is 32.1. The third-order valence-corrected chi connectivity index (χ3v) is 4.13. The molecule has 0 spiro atoms. The average Bonchev–Trinajstić information content (AvgIpc) is 2.82. The highest BCUT2D eigenvalue weighted by Crippen LogP contribution is 2.30. The number of benzene rings is 1. The van der Waals surface area contributed by atoms with Gasteiger partial charge in [-0.1, -0.05) is 23.5 Å². The lowest BCUT2D eigenvalue weighted by Gasteiger charge is -2.33. The number of hydrogen-bond acceptors (Lipinski definition) is 5. The Morgan fingerprint density at radius 3 is 3.11 bits per heavy atom. The Morgan fingerprint density at radius 1 is 1.50 bits per heavy atom. The minimum Gasteiger partial charge on any atom is -0.480 e. The fraction of sp³-hybridized carbons (Fsp3) is 0.333. The first kappa shape index (κ1) is 11.4. The van der Waals surface area contributed by atoms with Crippen LogP contribution >= 0.6 is 11.3 Å². The molecule has 6 heteroatoms. The summed E-state index contributed by atoms with van der Waals surface area (Å²) in [5, 5.41) is 13.1. The molecule has 3 rings (SSSR count). The van der Waals surface area contributed by atoms with Crippen LogP contribution < -0.4 is 10.2 Å². The van der Waals surface area contributed by atoms with Gasteiger partial charge in [0.15, 0.2) is 5.13 Å². The molecule has 1 aliphatic rings. The Morgan fingerprint density at radius 2 is 2.33 bits per heavy atom. The smallest absolute Gasteiger partial charge is 0.327 e. The topological polar surface area (TPSA) is 65.5 Å². The molecule has 18 heavy (non-hydrogen) atoms. The van der Waals surface area contributed by atoms with Crippen molar-refractivity contribution in [1.82, 2.24) is 10.3 Å². The van der Waals surface area contributed by atoms with Crippen LogP contribution in [0.2, 0.25) is 0 Å². The Balaban J connectivity index is 1.98. The van der Waals surface area contributed by atoms with Gasteiger partial charge in [0.05, 0.1) is 10.2 Å². The zero-order chi connectivity index (χ0) is 12.5. The number of aromatic nitrogens is 1. The maximum Gasteiger partial charge on any atom is 0.327 e. The third-order valence-electron chi connectivity index (χ3n) is 3.06. The van der Waals surface area contributed by atoms with Crippen LogP contribution in [0.25, 0.3) is 10.2 Å². The van der Waals surface area contributed by atoms with E-state index in [1.54, 1.807) is 11.3 Å². The number of anilines is 1. The number of carboxylic acids is 1. The molecule has 0 bridgehead atoms. The van der Waals surface area contributed by atoms with Gasteiger partial charge in [-0.2, -0.15) is 0 Å². The van der Waals surface area contributed by atoms with E-state index in [-0.39, 0.29) is 0 Å². The van der Waals surface area contributed by atoms with E-state index < -0.39 is 12.0 Å². The van der Waals surface area contributed by atoms with Gasteiger partial charge >= 0.3 is 5.97 Å². The van der Waals surface area contributed by atoms with E-state index >= 15 is 0 Å². The molecule has 1 saturated heterocycles. The maximum absolute atomic E-state index is 11.2. The van der Waals surface area contributed by atoms with Crippen molar-refractivity contribution >= 4 is 32.7 Å². The second-order valence-electron chi connectivity index (χ2n) is 4.22. The molecule has 2 N–H and O–H groups in total. The van der Waals surface area contributed by atoms with E-state index in [1.165, 1.54) is 0 Å². The van der Waals surface area contributed by atoms with Crippen LogP contribution in [-0.2, 0) is 4.79 Å². The van der Waals surface area contributed by atoms with Crippen molar-refractivity contribution in [2.75, 3.05) is 24.5 Å². The van der Waals surface area contributed by atoms with Gasteiger partial charge in [-0.15, -0.1) is 0 Å². The number of piperazine rings is 1. The largest absolute Gasteiger partial charge is 0.480 e. The lowest BCUT2D eigenvalue weighted by molar-refractivity contribution is -0.138. The number of fused-ring (bicyclic) bond motifs is 1. The lowest BCUT2D eigenvalue weighted by atomic mass is 10.2. The molecule has 0 amide bonds. The molecule has 5 nitrogen and oxygen atoms in total. The molecule has 0 aliphatic carbocycles. The average molecular weight is 263 g/mol. The quantitative estimate of drug-likeness (QED) is 0.851. The molecule has 0 unspecified atom stereocenters. The molecular weight excluding hydrogens is 250 g/mol. The molecule has 1 aromatic heterocycles. The molecule has 2 aromatic rings.